The lowest BCUT2D eigenvalue weighted by molar-refractivity contribution is -0.167. The van der Waals surface area contributed by atoms with Gasteiger partial charge < -0.3 is 14.2 Å². The number of rotatable bonds is 47. The standard InChI is InChI=1S/C61H98O6/c1-4-7-10-13-16-19-22-25-28-30-33-36-39-42-45-48-51-54-60(63)66-57-58(56-65-59(62)53-50-47-44-41-38-35-32-27-24-21-18-15-12-9-6-3)67-61(64)55-52-49-46-43-40-37-34-31-29-26-23-20-17-14-11-8-5-2/h7,9-10,12,16,18-19,21,25-29,32-33,36,38,41-42,45,58H,4-6,8,11,13-15,17,20,22-24,30-31,34-35,37,39-40,43-44,46-57H2,1-3H3/b10-7-,12-9-,19-16-,21-18-,28-25-,29-26-,32-27-,36-33-,41-38-,45-42-/t58-/m1/s1. The SMILES string of the molecule is CC/C=C\C/C=C\C/C=C\C/C=C\C/C=C\CCCC(=O)OC[C@@H](COC(=O)CCCC/C=C\C/C=C\C/C=C\C/C=C\CC)OC(=O)CCCCCCCCC/C=C\CCCCCCCC. The van der Waals surface area contributed by atoms with Crippen LogP contribution in [0.15, 0.2) is 122 Å². The van der Waals surface area contributed by atoms with E-state index in [0.29, 0.717) is 25.7 Å². The smallest absolute Gasteiger partial charge is 0.306 e. The average Bonchev–Trinajstić information content (AvgIpc) is 3.33. The van der Waals surface area contributed by atoms with Crippen molar-refractivity contribution < 1.29 is 28.6 Å². The van der Waals surface area contributed by atoms with Crippen LogP contribution in [-0.2, 0) is 28.6 Å². The molecule has 0 aromatic rings. The van der Waals surface area contributed by atoms with Gasteiger partial charge >= 0.3 is 17.9 Å². The Morgan fingerprint density at radius 2 is 0.597 bits per heavy atom. The number of unbranched alkanes of at least 4 members (excludes halogenated alkanes) is 16. The maximum absolute atomic E-state index is 12.8. The van der Waals surface area contributed by atoms with E-state index in [2.05, 4.69) is 142 Å². The molecule has 0 aromatic heterocycles. The van der Waals surface area contributed by atoms with Crippen LogP contribution in [0, 0.1) is 0 Å². The molecule has 0 bridgehead atoms. The summed E-state index contributed by atoms with van der Waals surface area (Å²) in [6, 6.07) is 0. The number of hydrogen-bond donors (Lipinski definition) is 0. The minimum atomic E-state index is -0.824. The van der Waals surface area contributed by atoms with E-state index in [4.69, 9.17) is 14.2 Å². The van der Waals surface area contributed by atoms with Gasteiger partial charge in [0.15, 0.2) is 6.10 Å². The van der Waals surface area contributed by atoms with Gasteiger partial charge in [-0.15, -0.1) is 0 Å². The summed E-state index contributed by atoms with van der Waals surface area (Å²) >= 11 is 0. The molecule has 0 rings (SSSR count). The minimum Gasteiger partial charge on any atom is -0.462 e. The summed E-state index contributed by atoms with van der Waals surface area (Å²) in [4.78, 5) is 38.0. The van der Waals surface area contributed by atoms with Crippen molar-refractivity contribution >= 4 is 17.9 Å². The van der Waals surface area contributed by atoms with Crippen LogP contribution in [0.5, 0.6) is 0 Å². The van der Waals surface area contributed by atoms with E-state index in [-0.39, 0.29) is 37.5 Å². The minimum absolute atomic E-state index is 0.122. The van der Waals surface area contributed by atoms with Crippen LogP contribution in [0.1, 0.15) is 226 Å². The second-order valence-electron chi connectivity index (χ2n) is 17.4. The fourth-order valence-electron chi connectivity index (χ4n) is 6.93. The molecule has 67 heavy (non-hydrogen) atoms. The van der Waals surface area contributed by atoms with E-state index in [1.54, 1.807) is 0 Å². The molecule has 0 aromatic carbocycles. The molecule has 378 valence electrons. The van der Waals surface area contributed by atoms with Crippen molar-refractivity contribution in [2.75, 3.05) is 13.2 Å². The normalized spacial score (nSPS) is 13.1. The third-order valence-electron chi connectivity index (χ3n) is 10.9. The molecule has 0 unspecified atom stereocenters. The molecule has 0 aliphatic heterocycles. The van der Waals surface area contributed by atoms with Gasteiger partial charge in [0.05, 0.1) is 0 Å². The summed E-state index contributed by atoms with van der Waals surface area (Å²) in [6.45, 7) is 6.31. The van der Waals surface area contributed by atoms with Crippen molar-refractivity contribution in [2.45, 2.75) is 232 Å². The van der Waals surface area contributed by atoms with Crippen LogP contribution in [0.2, 0.25) is 0 Å². The van der Waals surface area contributed by atoms with Crippen molar-refractivity contribution in [1.29, 1.82) is 0 Å². The first kappa shape index (κ1) is 62.8. The molecule has 0 N–H and O–H groups in total. The summed E-state index contributed by atoms with van der Waals surface area (Å²) < 4.78 is 16.7. The van der Waals surface area contributed by atoms with E-state index in [1.165, 1.54) is 77.0 Å². The Morgan fingerprint density at radius 3 is 1.01 bits per heavy atom. The summed E-state index contributed by atoms with van der Waals surface area (Å²) in [5, 5.41) is 0. The Labute approximate surface area is 412 Å². The molecule has 0 spiro atoms. The molecule has 0 aliphatic carbocycles. The number of ether oxygens (including phenoxy) is 3. The zero-order valence-corrected chi connectivity index (χ0v) is 43.1. The lowest BCUT2D eigenvalue weighted by atomic mass is 10.1. The number of esters is 3. The van der Waals surface area contributed by atoms with Crippen LogP contribution in [0.4, 0.5) is 0 Å². The highest BCUT2D eigenvalue weighted by atomic mass is 16.6. The first-order valence-electron chi connectivity index (χ1n) is 27.0. The lowest BCUT2D eigenvalue weighted by Gasteiger charge is -2.18. The fourth-order valence-corrected chi connectivity index (χ4v) is 6.93. The summed E-state index contributed by atoms with van der Waals surface area (Å²) in [5.74, 6) is -1.03. The number of carbonyl (C=O) groups excluding carboxylic acids is 3. The van der Waals surface area contributed by atoms with E-state index >= 15 is 0 Å². The molecular formula is C61H98O6. The van der Waals surface area contributed by atoms with Crippen molar-refractivity contribution in [3.05, 3.63) is 122 Å². The fraction of sp³-hybridized carbons (Fsp3) is 0.623. The second kappa shape index (κ2) is 54.4. The topological polar surface area (TPSA) is 78.9 Å². The molecule has 6 nitrogen and oxygen atoms in total. The molecular weight excluding hydrogens is 829 g/mol. The van der Waals surface area contributed by atoms with E-state index in [1.807, 2.05) is 0 Å². The Morgan fingerprint density at radius 1 is 0.313 bits per heavy atom. The molecule has 0 aliphatic rings. The Balaban J connectivity index is 4.56. The average molecular weight is 927 g/mol. The van der Waals surface area contributed by atoms with Crippen molar-refractivity contribution in [3.63, 3.8) is 0 Å². The highest BCUT2D eigenvalue weighted by molar-refractivity contribution is 5.71. The first-order valence-corrected chi connectivity index (χ1v) is 27.0. The molecule has 0 saturated heterocycles. The molecule has 0 heterocycles. The predicted octanol–water partition coefficient (Wildman–Crippen LogP) is 18.1. The number of carbonyl (C=O) groups is 3. The predicted molar refractivity (Wildman–Crippen MR) is 288 cm³/mol. The molecule has 0 fully saturated rings. The molecule has 1 atom stereocenters. The maximum atomic E-state index is 12.8. The highest BCUT2D eigenvalue weighted by Gasteiger charge is 2.19. The summed E-state index contributed by atoms with van der Waals surface area (Å²) in [6.07, 6.45) is 74.8. The van der Waals surface area contributed by atoms with Gasteiger partial charge in [0.2, 0.25) is 0 Å². The largest absolute Gasteiger partial charge is 0.462 e. The summed E-state index contributed by atoms with van der Waals surface area (Å²) in [7, 11) is 0. The monoisotopic (exact) mass is 927 g/mol. The van der Waals surface area contributed by atoms with E-state index in [9.17, 15) is 14.4 Å². The molecule has 0 radical (unpaired) electrons. The molecule has 6 heteroatoms. The van der Waals surface area contributed by atoms with Gasteiger partial charge in [0.1, 0.15) is 13.2 Å². The highest BCUT2D eigenvalue weighted by Crippen LogP contribution is 2.13. The maximum Gasteiger partial charge on any atom is 0.306 e. The van der Waals surface area contributed by atoms with Crippen molar-refractivity contribution in [3.8, 4) is 0 Å². The second-order valence-corrected chi connectivity index (χ2v) is 17.4. The van der Waals surface area contributed by atoms with Gasteiger partial charge in [0.25, 0.3) is 0 Å². The van der Waals surface area contributed by atoms with E-state index < -0.39 is 6.10 Å². The number of hydrogen-bond acceptors (Lipinski definition) is 6. The zero-order valence-electron chi connectivity index (χ0n) is 43.1. The van der Waals surface area contributed by atoms with Crippen molar-refractivity contribution in [1.82, 2.24) is 0 Å². The zero-order chi connectivity index (χ0) is 48.6. The molecule has 0 saturated carbocycles. The van der Waals surface area contributed by atoms with Crippen LogP contribution < -0.4 is 0 Å². The Bertz CT molecular complexity index is 1440. The van der Waals surface area contributed by atoms with Gasteiger partial charge in [-0.3, -0.25) is 14.4 Å². The first-order chi connectivity index (χ1) is 33.0. The van der Waals surface area contributed by atoms with Crippen molar-refractivity contribution in [2.24, 2.45) is 0 Å². The van der Waals surface area contributed by atoms with Crippen LogP contribution in [0.3, 0.4) is 0 Å². The van der Waals surface area contributed by atoms with Crippen LogP contribution in [-0.4, -0.2) is 37.2 Å². The molecule has 0 amide bonds. The summed E-state index contributed by atoms with van der Waals surface area (Å²) in [5.41, 5.74) is 0. The Kier molecular flexibility index (Phi) is 51.0. The lowest BCUT2D eigenvalue weighted by Crippen LogP contribution is -2.30. The van der Waals surface area contributed by atoms with Gasteiger partial charge in [0, 0.05) is 19.3 Å². The third kappa shape index (κ3) is 52.6. The quantitative estimate of drug-likeness (QED) is 0.0262. The third-order valence-corrected chi connectivity index (χ3v) is 10.9. The number of allylic oxidation sites excluding steroid dienone is 20. The Hall–Kier alpha value is -4.19. The van der Waals surface area contributed by atoms with Gasteiger partial charge in [-0.2, -0.15) is 0 Å². The van der Waals surface area contributed by atoms with Crippen LogP contribution >= 0.6 is 0 Å². The van der Waals surface area contributed by atoms with Crippen LogP contribution in [0.25, 0.3) is 0 Å². The van der Waals surface area contributed by atoms with Gasteiger partial charge in [-0.1, -0.05) is 206 Å². The van der Waals surface area contributed by atoms with E-state index in [0.717, 1.165) is 96.3 Å². The van der Waals surface area contributed by atoms with Gasteiger partial charge in [-0.05, 0) is 122 Å². The van der Waals surface area contributed by atoms with Gasteiger partial charge in [-0.25, -0.2) is 0 Å².